The lowest BCUT2D eigenvalue weighted by molar-refractivity contribution is -0.122. The van der Waals surface area contributed by atoms with E-state index in [0.717, 1.165) is 12.1 Å². The highest BCUT2D eigenvalue weighted by atomic mass is 19.2. The Bertz CT molecular complexity index is 989. The van der Waals surface area contributed by atoms with Gasteiger partial charge in [0.05, 0.1) is 5.69 Å². The maximum atomic E-state index is 13.9. The molecule has 0 aliphatic carbocycles. The average Bonchev–Trinajstić information content (AvgIpc) is 3.07. The molecule has 2 N–H and O–H groups in total. The van der Waals surface area contributed by atoms with E-state index in [2.05, 4.69) is 20.5 Å². The van der Waals surface area contributed by atoms with Crippen molar-refractivity contribution in [2.45, 2.75) is 52.4 Å². The highest BCUT2D eigenvalue weighted by molar-refractivity contribution is 5.97. The van der Waals surface area contributed by atoms with Crippen molar-refractivity contribution in [3.8, 4) is 11.4 Å². The van der Waals surface area contributed by atoms with E-state index in [0.29, 0.717) is 36.6 Å². The molecular weight excluding hydrogens is 404 g/mol. The summed E-state index contributed by atoms with van der Waals surface area (Å²) in [7, 11) is 3.48. The number of benzene rings is 1. The van der Waals surface area contributed by atoms with E-state index in [1.165, 1.54) is 13.1 Å². The number of nitrogens with zero attached hydrogens (tertiary/aromatic N) is 3. The van der Waals surface area contributed by atoms with Crippen molar-refractivity contribution in [2.24, 2.45) is 5.92 Å². The first-order valence-corrected chi connectivity index (χ1v) is 10.4. The van der Waals surface area contributed by atoms with Gasteiger partial charge >= 0.3 is 0 Å². The molecule has 2 amide bonds. The number of imidazole rings is 1. The lowest BCUT2D eigenvalue weighted by atomic mass is 10.0. The number of fused-ring (bicyclic) bond motifs is 1. The lowest BCUT2D eigenvalue weighted by Crippen LogP contribution is -2.47. The predicted octanol–water partition coefficient (Wildman–Crippen LogP) is 2.55. The van der Waals surface area contributed by atoms with E-state index in [1.54, 1.807) is 0 Å². The van der Waals surface area contributed by atoms with Crippen molar-refractivity contribution < 1.29 is 18.4 Å². The third-order valence-electron chi connectivity index (χ3n) is 5.64. The van der Waals surface area contributed by atoms with Crippen LogP contribution in [0.5, 0.6) is 0 Å². The summed E-state index contributed by atoms with van der Waals surface area (Å²) < 4.78 is 29.2. The van der Waals surface area contributed by atoms with Crippen molar-refractivity contribution in [1.29, 1.82) is 0 Å². The van der Waals surface area contributed by atoms with Gasteiger partial charge in [-0.05, 0) is 44.5 Å². The molecule has 2 heterocycles. The summed E-state index contributed by atoms with van der Waals surface area (Å²) >= 11 is 0. The molecule has 0 bridgehead atoms. The topological polar surface area (TPSA) is 79.3 Å². The first-order chi connectivity index (χ1) is 14.6. The van der Waals surface area contributed by atoms with Crippen LogP contribution in [0.2, 0.25) is 0 Å². The fraction of sp³-hybridized carbons (Fsp3) is 0.500. The number of aromatic nitrogens is 2. The van der Waals surface area contributed by atoms with Crippen LogP contribution in [0, 0.1) is 17.6 Å². The van der Waals surface area contributed by atoms with Gasteiger partial charge in [-0.1, -0.05) is 13.8 Å². The van der Waals surface area contributed by atoms with Gasteiger partial charge in [-0.15, -0.1) is 0 Å². The first-order valence-electron chi connectivity index (χ1n) is 10.4. The number of carbonyl (C=O) groups excluding carboxylic acids is 2. The summed E-state index contributed by atoms with van der Waals surface area (Å²) in [5, 5.41) is 5.38. The Hall–Kier alpha value is -2.81. The molecule has 0 spiro atoms. The Morgan fingerprint density at radius 1 is 1.26 bits per heavy atom. The van der Waals surface area contributed by atoms with Gasteiger partial charge in [-0.2, -0.15) is 0 Å². The maximum absolute atomic E-state index is 13.9. The standard InChI is InChI=1S/C22H29F2N5O2/c1-12(2)8-17(21(30)25-4)26-22(31)19-18-11-28(5)13(3)10-29(18)20(27-19)14-6-7-15(23)16(24)9-14/h6-7,9,12-13,17H,8,10-11H2,1-5H3,(H,25,30)(H,26,31)/t13?,17-/m0/s1. The quantitative estimate of drug-likeness (QED) is 0.734. The molecule has 0 saturated heterocycles. The SMILES string of the molecule is CNC(=O)[C@H](CC(C)C)NC(=O)c1nc(-c2ccc(F)c(F)c2)n2c1CN(C)C(C)C2. The molecule has 1 aromatic carbocycles. The summed E-state index contributed by atoms with van der Waals surface area (Å²) in [6.07, 6.45) is 0.481. The number of rotatable bonds is 6. The summed E-state index contributed by atoms with van der Waals surface area (Å²) in [5.74, 6) is -2.06. The van der Waals surface area contributed by atoms with E-state index in [1.807, 2.05) is 32.4 Å². The van der Waals surface area contributed by atoms with Crippen LogP contribution in [0.25, 0.3) is 11.4 Å². The number of likely N-dealkylation sites (N-methyl/N-ethyl adjacent to an activating group) is 2. The van der Waals surface area contributed by atoms with Crippen LogP contribution in [0.15, 0.2) is 18.2 Å². The smallest absolute Gasteiger partial charge is 0.272 e. The molecule has 0 saturated carbocycles. The molecule has 9 heteroatoms. The largest absolute Gasteiger partial charge is 0.357 e. The average molecular weight is 434 g/mol. The summed E-state index contributed by atoms with van der Waals surface area (Å²) in [5.41, 5.74) is 1.26. The van der Waals surface area contributed by atoms with Gasteiger partial charge in [0.2, 0.25) is 5.91 Å². The Morgan fingerprint density at radius 3 is 2.58 bits per heavy atom. The summed E-state index contributed by atoms with van der Waals surface area (Å²) in [4.78, 5) is 32.0. The molecule has 0 fully saturated rings. The van der Waals surface area contributed by atoms with Gasteiger partial charge in [0, 0.05) is 31.7 Å². The Kier molecular flexibility index (Phi) is 6.74. The van der Waals surface area contributed by atoms with Crippen LogP contribution in [-0.4, -0.2) is 52.4 Å². The fourth-order valence-electron chi connectivity index (χ4n) is 3.78. The van der Waals surface area contributed by atoms with Crippen molar-refractivity contribution >= 4 is 11.8 Å². The van der Waals surface area contributed by atoms with Gasteiger partial charge in [-0.3, -0.25) is 14.5 Å². The molecule has 1 unspecified atom stereocenters. The number of halogens is 2. The highest BCUT2D eigenvalue weighted by Gasteiger charge is 2.31. The Balaban J connectivity index is 2.02. The molecule has 7 nitrogen and oxygen atoms in total. The van der Waals surface area contributed by atoms with Crippen LogP contribution >= 0.6 is 0 Å². The zero-order valence-corrected chi connectivity index (χ0v) is 18.5. The second kappa shape index (κ2) is 9.13. The van der Waals surface area contributed by atoms with Crippen LogP contribution in [0.4, 0.5) is 8.78 Å². The van der Waals surface area contributed by atoms with E-state index in [4.69, 9.17) is 0 Å². The Morgan fingerprint density at radius 2 is 1.97 bits per heavy atom. The fourth-order valence-corrected chi connectivity index (χ4v) is 3.78. The normalized spacial score (nSPS) is 17.4. The van der Waals surface area contributed by atoms with Gasteiger partial charge in [-0.25, -0.2) is 13.8 Å². The molecule has 0 radical (unpaired) electrons. The van der Waals surface area contributed by atoms with Crippen LogP contribution < -0.4 is 10.6 Å². The van der Waals surface area contributed by atoms with Gasteiger partial charge < -0.3 is 15.2 Å². The minimum absolute atomic E-state index is 0.168. The third-order valence-corrected chi connectivity index (χ3v) is 5.64. The molecule has 31 heavy (non-hydrogen) atoms. The Labute approximate surface area is 180 Å². The molecule has 3 rings (SSSR count). The van der Waals surface area contributed by atoms with E-state index in [9.17, 15) is 18.4 Å². The number of amides is 2. The first kappa shape index (κ1) is 22.9. The van der Waals surface area contributed by atoms with Crippen molar-refractivity contribution in [3.63, 3.8) is 0 Å². The molecule has 1 aliphatic heterocycles. The molecule has 1 aromatic heterocycles. The maximum Gasteiger partial charge on any atom is 0.272 e. The second-order valence-electron chi connectivity index (χ2n) is 8.50. The van der Waals surface area contributed by atoms with E-state index in [-0.39, 0.29) is 23.6 Å². The predicted molar refractivity (Wildman–Crippen MR) is 113 cm³/mol. The van der Waals surface area contributed by atoms with Crippen LogP contribution in [0.3, 0.4) is 0 Å². The monoisotopic (exact) mass is 433 g/mol. The zero-order valence-electron chi connectivity index (χ0n) is 18.5. The highest BCUT2D eigenvalue weighted by Crippen LogP contribution is 2.29. The van der Waals surface area contributed by atoms with Crippen molar-refractivity contribution in [1.82, 2.24) is 25.1 Å². The summed E-state index contributed by atoms with van der Waals surface area (Å²) in [6.45, 7) is 7.00. The van der Waals surface area contributed by atoms with Gasteiger partial charge in [0.1, 0.15) is 11.9 Å². The van der Waals surface area contributed by atoms with E-state index >= 15 is 0 Å². The minimum atomic E-state index is -0.974. The third kappa shape index (κ3) is 4.76. The minimum Gasteiger partial charge on any atom is -0.357 e. The van der Waals surface area contributed by atoms with Gasteiger partial charge in [0.15, 0.2) is 17.3 Å². The number of hydrogen-bond acceptors (Lipinski definition) is 4. The number of carbonyl (C=O) groups is 2. The lowest BCUT2D eigenvalue weighted by Gasteiger charge is -2.32. The van der Waals surface area contributed by atoms with Crippen molar-refractivity contribution in [3.05, 3.63) is 41.2 Å². The summed E-state index contributed by atoms with van der Waals surface area (Å²) in [6, 6.07) is 3.06. The number of hydrogen-bond donors (Lipinski definition) is 2. The van der Waals surface area contributed by atoms with Crippen LogP contribution in [-0.2, 0) is 17.9 Å². The van der Waals surface area contributed by atoms with Gasteiger partial charge in [0.25, 0.3) is 5.91 Å². The zero-order chi connectivity index (χ0) is 22.9. The van der Waals surface area contributed by atoms with Crippen molar-refractivity contribution in [2.75, 3.05) is 14.1 Å². The molecule has 1 aliphatic rings. The second-order valence-corrected chi connectivity index (χ2v) is 8.50. The van der Waals surface area contributed by atoms with Crippen LogP contribution in [0.1, 0.15) is 43.4 Å². The molecule has 2 aromatic rings. The molecule has 2 atom stereocenters. The van der Waals surface area contributed by atoms with E-state index < -0.39 is 23.6 Å². The number of nitrogens with one attached hydrogen (secondary N) is 2. The molecular formula is C22H29F2N5O2. The molecule has 168 valence electrons.